The van der Waals surface area contributed by atoms with Gasteiger partial charge in [0.1, 0.15) is 5.69 Å². The molecule has 3 rings (SSSR count). The third kappa shape index (κ3) is 4.46. The van der Waals surface area contributed by atoms with Crippen LogP contribution >= 0.6 is 0 Å². The van der Waals surface area contributed by atoms with E-state index in [1.165, 1.54) is 18.2 Å². The first-order chi connectivity index (χ1) is 13.5. The number of amides is 1. The predicted octanol–water partition coefficient (Wildman–Crippen LogP) is 2.87. The van der Waals surface area contributed by atoms with E-state index in [9.17, 15) is 19.7 Å². The molecule has 2 aromatic rings. The van der Waals surface area contributed by atoms with Gasteiger partial charge in [-0.15, -0.1) is 0 Å². The zero-order valence-corrected chi connectivity index (χ0v) is 15.3. The van der Waals surface area contributed by atoms with Gasteiger partial charge in [-0.3, -0.25) is 14.9 Å². The average molecular weight is 383 g/mol. The second kappa shape index (κ2) is 8.51. The maximum atomic E-state index is 12.4. The van der Waals surface area contributed by atoms with Crippen LogP contribution in [0, 0.1) is 10.1 Å². The van der Waals surface area contributed by atoms with E-state index in [2.05, 4.69) is 5.32 Å². The SMILES string of the molecule is O=C(O)c1ccc(CCNC(=O)c2ccc(N3CCCC3)c([N+](=O)[O-])c2)cc1. The lowest BCUT2D eigenvalue weighted by atomic mass is 10.1. The van der Waals surface area contributed by atoms with Crippen LogP contribution in [0.25, 0.3) is 0 Å². The van der Waals surface area contributed by atoms with Crippen molar-refractivity contribution in [1.82, 2.24) is 5.32 Å². The number of carbonyl (C=O) groups excluding carboxylic acids is 1. The molecule has 0 bridgehead atoms. The number of carboxylic acids is 1. The largest absolute Gasteiger partial charge is 0.478 e. The van der Waals surface area contributed by atoms with Crippen LogP contribution in [-0.2, 0) is 6.42 Å². The van der Waals surface area contributed by atoms with Crippen LogP contribution in [0.3, 0.4) is 0 Å². The number of rotatable bonds is 7. The Labute approximate surface area is 161 Å². The summed E-state index contributed by atoms with van der Waals surface area (Å²) in [7, 11) is 0. The minimum absolute atomic E-state index is 0.0567. The molecule has 1 aliphatic heterocycles. The quantitative estimate of drug-likeness (QED) is 0.561. The summed E-state index contributed by atoms with van der Waals surface area (Å²) in [6, 6.07) is 11.0. The summed E-state index contributed by atoms with van der Waals surface area (Å²) in [6.45, 7) is 1.91. The smallest absolute Gasteiger partial charge is 0.335 e. The molecule has 1 aliphatic rings. The molecule has 0 atom stereocenters. The summed E-state index contributed by atoms with van der Waals surface area (Å²) in [5.41, 5.74) is 1.84. The fourth-order valence-corrected chi connectivity index (χ4v) is 3.27. The first-order valence-corrected chi connectivity index (χ1v) is 9.09. The van der Waals surface area contributed by atoms with E-state index in [1.54, 1.807) is 24.3 Å². The van der Waals surface area contributed by atoms with Crippen LogP contribution in [0.2, 0.25) is 0 Å². The van der Waals surface area contributed by atoms with Crippen LogP contribution in [0.5, 0.6) is 0 Å². The standard InChI is InChI=1S/C20H21N3O5/c24-19(21-10-9-14-3-5-15(6-4-14)20(25)26)16-7-8-17(18(13-16)23(27)28)22-11-1-2-12-22/h3-8,13H,1-2,9-12H2,(H,21,24)(H,25,26). The Morgan fingerprint density at radius 1 is 1.07 bits per heavy atom. The summed E-state index contributed by atoms with van der Waals surface area (Å²) in [5, 5.41) is 23.1. The van der Waals surface area contributed by atoms with Crippen molar-refractivity contribution >= 4 is 23.3 Å². The number of nitrogens with zero attached hydrogens (tertiary/aromatic N) is 2. The number of benzene rings is 2. The number of hydrogen-bond acceptors (Lipinski definition) is 5. The highest BCUT2D eigenvalue weighted by Gasteiger charge is 2.23. The number of nitrogens with one attached hydrogen (secondary N) is 1. The lowest BCUT2D eigenvalue weighted by Gasteiger charge is -2.17. The van der Waals surface area contributed by atoms with Crippen LogP contribution in [0.15, 0.2) is 42.5 Å². The lowest BCUT2D eigenvalue weighted by molar-refractivity contribution is -0.384. The average Bonchev–Trinajstić information content (AvgIpc) is 3.22. The minimum atomic E-state index is -0.987. The van der Waals surface area contributed by atoms with Crippen molar-refractivity contribution in [3.05, 3.63) is 69.3 Å². The van der Waals surface area contributed by atoms with Gasteiger partial charge in [0.25, 0.3) is 11.6 Å². The highest BCUT2D eigenvalue weighted by atomic mass is 16.6. The summed E-state index contributed by atoms with van der Waals surface area (Å²) < 4.78 is 0. The molecule has 8 heteroatoms. The van der Waals surface area contributed by atoms with Gasteiger partial charge in [0.15, 0.2) is 0 Å². The van der Waals surface area contributed by atoms with Crippen molar-refractivity contribution in [2.24, 2.45) is 0 Å². The van der Waals surface area contributed by atoms with Crippen molar-refractivity contribution in [2.45, 2.75) is 19.3 Å². The topological polar surface area (TPSA) is 113 Å². The van der Waals surface area contributed by atoms with Gasteiger partial charge in [-0.1, -0.05) is 12.1 Å². The van der Waals surface area contributed by atoms with Crippen molar-refractivity contribution in [2.75, 3.05) is 24.5 Å². The molecular formula is C20H21N3O5. The van der Waals surface area contributed by atoms with Crippen LogP contribution in [-0.4, -0.2) is 41.5 Å². The molecular weight excluding hydrogens is 362 g/mol. The highest BCUT2D eigenvalue weighted by Crippen LogP contribution is 2.31. The Bertz CT molecular complexity index is 889. The number of anilines is 1. The number of carbonyl (C=O) groups is 2. The van der Waals surface area contributed by atoms with Crippen molar-refractivity contribution < 1.29 is 19.6 Å². The number of nitro benzene ring substituents is 1. The molecule has 0 aromatic heterocycles. The van der Waals surface area contributed by atoms with Crippen LogP contribution < -0.4 is 10.2 Å². The van der Waals surface area contributed by atoms with Gasteiger partial charge >= 0.3 is 5.97 Å². The molecule has 1 saturated heterocycles. The molecule has 1 amide bonds. The van der Waals surface area contributed by atoms with Crippen LogP contribution in [0.4, 0.5) is 11.4 Å². The number of nitro groups is 1. The minimum Gasteiger partial charge on any atom is -0.478 e. The molecule has 28 heavy (non-hydrogen) atoms. The molecule has 146 valence electrons. The van der Waals surface area contributed by atoms with Gasteiger partial charge in [-0.05, 0) is 49.1 Å². The summed E-state index contributed by atoms with van der Waals surface area (Å²) >= 11 is 0. The predicted molar refractivity (Wildman–Crippen MR) is 104 cm³/mol. The van der Waals surface area contributed by atoms with Crippen molar-refractivity contribution in [3.8, 4) is 0 Å². The molecule has 0 radical (unpaired) electrons. The fraction of sp³-hybridized carbons (Fsp3) is 0.300. The normalized spacial score (nSPS) is 13.4. The first-order valence-electron chi connectivity index (χ1n) is 9.09. The molecule has 1 fully saturated rings. The second-order valence-corrected chi connectivity index (χ2v) is 6.66. The molecule has 8 nitrogen and oxygen atoms in total. The van der Waals surface area contributed by atoms with E-state index in [4.69, 9.17) is 5.11 Å². The van der Waals surface area contributed by atoms with Gasteiger partial charge in [0.05, 0.1) is 10.5 Å². The second-order valence-electron chi connectivity index (χ2n) is 6.66. The monoisotopic (exact) mass is 383 g/mol. The molecule has 2 N–H and O–H groups in total. The fourth-order valence-electron chi connectivity index (χ4n) is 3.27. The van der Waals surface area contributed by atoms with Gasteiger partial charge < -0.3 is 15.3 Å². The highest BCUT2D eigenvalue weighted by molar-refractivity contribution is 5.95. The maximum absolute atomic E-state index is 12.4. The molecule has 0 saturated carbocycles. The lowest BCUT2D eigenvalue weighted by Crippen LogP contribution is -2.26. The van der Waals surface area contributed by atoms with E-state index < -0.39 is 10.9 Å². The first kappa shape index (κ1) is 19.3. The van der Waals surface area contributed by atoms with E-state index >= 15 is 0 Å². The van der Waals surface area contributed by atoms with E-state index in [0.29, 0.717) is 18.7 Å². The third-order valence-corrected chi connectivity index (χ3v) is 4.78. The zero-order chi connectivity index (χ0) is 20.1. The molecule has 2 aromatic carbocycles. The van der Waals surface area contributed by atoms with Gasteiger partial charge in [0.2, 0.25) is 0 Å². The van der Waals surface area contributed by atoms with E-state index in [0.717, 1.165) is 31.5 Å². The summed E-state index contributed by atoms with van der Waals surface area (Å²) in [6.07, 6.45) is 2.54. The van der Waals surface area contributed by atoms with Gasteiger partial charge in [0, 0.05) is 31.3 Å². The number of hydrogen-bond donors (Lipinski definition) is 2. The summed E-state index contributed by atoms with van der Waals surface area (Å²) in [5.74, 6) is -1.36. The van der Waals surface area contributed by atoms with Crippen molar-refractivity contribution in [3.63, 3.8) is 0 Å². The van der Waals surface area contributed by atoms with E-state index in [-0.39, 0.29) is 22.7 Å². The molecule has 0 spiro atoms. The zero-order valence-electron chi connectivity index (χ0n) is 15.3. The Morgan fingerprint density at radius 3 is 2.32 bits per heavy atom. The number of carboxylic acid groups (broad SMARTS) is 1. The van der Waals surface area contributed by atoms with Gasteiger partial charge in [-0.25, -0.2) is 4.79 Å². The Morgan fingerprint density at radius 2 is 1.71 bits per heavy atom. The third-order valence-electron chi connectivity index (χ3n) is 4.78. The Kier molecular flexibility index (Phi) is 5.88. The van der Waals surface area contributed by atoms with Gasteiger partial charge in [-0.2, -0.15) is 0 Å². The van der Waals surface area contributed by atoms with Crippen LogP contribution in [0.1, 0.15) is 39.1 Å². The Hall–Kier alpha value is -3.42. The number of aromatic carboxylic acids is 1. The summed E-state index contributed by atoms with van der Waals surface area (Å²) in [4.78, 5) is 36.2. The molecule has 0 aliphatic carbocycles. The molecule has 0 unspecified atom stereocenters. The van der Waals surface area contributed by atoms with Crippen molar-refractivity contribution in [1.29, 1.82) is 0 Å². The molecule has 1 heterocycles. The Balaban J connectivity index is 1.62. The maximum Gasteiger partial charge on any atom is 0.335 e. The van der Waals surface area contributed by atoms with E-state index in [1.807, 2.05) is 4.90 Å².